The maximum Gasteiger partial charge on any atom is 0.0629 e. The average Bonchev–Trinajstić information content (AvgIpc) is 2.58. The molecule has 2 atom stereocenters. The quantitative estimate of drug-likeness (QED) is 0.762. The second-order valence-corrected chi connectivity index (χ2v) is 6.39. The lowest BCUT2D eigenvalue weighted by molar-refractivity contribution is -0.0245. The van der Waals surface area contributed by atoms with Gasteiger partial charge in [-0.2, -0.15) is 0 Å². The zero-order valence-electron chi connectivity index (χ0n) is 10.4. The summed E-state index contributed by atoms with van der Waals surface area (Å²) < 4.78 is 5.46. The third-order valence-electron chi connectivity index (χ3n) is 5.15. The minimum Gasteiger partial charge on any atom is -0.392 e. The fourth-order valence-electron chi connectivity index (χ4n) is 3.41. The van der Waals surface area contributed by atoms with E-state index in [9.17, 15) is 5.11 Å². The van der Waals surface area contributed by atoms with Gasteiger partial charge in [0.25, 0.3) is 0 Å². The summed E-state index contributed by atoms with van der Waals surface area (Å²) in [5, 5.41) is 10.4. The Morgan fingerprint density at radius 3 is 2.20 bits per heavy atom. The first-order chi connectivity index (χ1) is 6.89. The predicted octanol–water partition coefficient (Wildman–Crippen LogP) is 2.46. The van der Waals surface area contributed by atoms with Crippen molar-refractivity contribution in [3.05, 3.63) is 0 Å². The van der Waals surface area contributed by atoms with Crippen LogP contribution in [-0.2, 0) is 4.74 Å². The molecule has 1 aliphatic heterocycles. The van der Waals surface area contributed by atoms with Crippen LogP contribution in [-0.4, -0.2) is 24.4 Å². The molecule has 15 heavy (non-hydrogen) atoms. The minimum atomic E-state index is -0.171. The summed E-state index contributed by atoms with van der Waals surface area (Å²) in [6.07, 6.45) is 2.06. The molecule has 2 rings (SSSR count). The summed E-state index contributed by atoms with van der Waals surface area (Å²) in [5.74, 6) is 0.807. The van der Waals surface area contributed by atoms with Gasteiger partial charge in [-0.15, -0.1) is 0 Å². The molecule has 1 saturated heterocycles. The normalized spacial score (nSPS) is 36.2. The Labute approximate surface area is 93.0 Å². The molecule has 2 nitrogen and oxygen atoms in total. The predicted molar refractivity (Wildman–Crippen MR) is 60.6 cm³/mol. The molecule has 0 bridgehead atoms. The molecule has 2 heteroatoms. The van der Waals surface area contributed by atoms with E-state index in [-0.39, 0.29) is 16.9 Å². The van der Waals surface area contributed by atoms with Gasteiger partial charge in [-0.1, -0.05) is 27.7 Å². The Morgan fingerprint density at radius 2 is 1.80 bits per heavy atom. The number of rotatable bonds is 2. The van der Waals surface area contributed by atoms with Gasteiger partial charge in [0.2, 0.25) is 0 Å². The van der Waals surface area contributed by atoms with Crippen molar-refractivity contribution in [3.63, 3.8) is 0 Å². The summed E-state index contributed by atoms with van der Waals surface area (Å²) in [6, 6.07) is 0. The van der Waals surface area contributed by atoms with Gasteiger partial charge in [0.15, 0.2) is 0 Å². The first kappa shape index (κ1) is 11.4. The number of hydrogen-bond acceptors (Lipinski definition) is 2. The van der Waals surface area contributed by atoms with E-state index in [1.54, 1.807) is 0 Å². The van der Waals surface area contributed by atoms with E-state index in [1.165, 1.54) is 0 Å². The summed E-state index contributed by atoms with van der Waals surface area (Å²) in [4.78, 5) is 0. The van der Waals surface area contributed by atoms with Gasteiger partial charge in [-0.05, 0) is 29.6 Å². The van der Waals surface area contributed by atoms with Crippen molar-refractivity contribution >= 4 is 0 Å². The van der Waals surface area contributed by atoms with Crippen LogP contribution in [0.4, 0.5) is 0 Å². The highest BCUT2D eigenvalue weighted by Gasteiger charge is 2.67. The summed E-state index contributed by atoms with van der Waals surface area (Å²) in [5.41, 5.74) is 0.563. The van der Waals surface area contributed by atoms with E-state index in [0.717, 1.165) is 26.1 Å². The molecule has 1 aliphatic carbocycles. The van der Waals surface area contributed by atoms with E-state index >= 15 is 0 Å². The van der Waals surface area contributed by atoms with E-state index in [1.807, 2.05) is 0 Å². The Hall–Kier alpha value is -0.0800. The second kappa shape index (κ2) is 3.46. The van der Waals surface area contributed by atoms with Crippen LogP contribution in [0.25, 0.3) is 0 Å². The Balaban J connectivity index is 2.00. The van der Waals surface area contributed by atoms with Gasteiger partial charge >= 0.3 is 0 Å². The molecule has 2 aliphatic rings. The van der Waals surface area contributed by atoms with Crippen LogP contribution in [0.5, 0.6) is 0 Å². The lowest BCUT2D eigenvalue weighted by Crippen LogP contribution is -2.32. The van der Waals surface area contributed by atoms with Crippen LogP contribution in [0.1, 0.15) is 40.5 Å². The minimum absolute atomic E-state index is 0.171. The highest BCUT2D eigenvalue weighted by atomic mass is 16.5. The zero-order chi connectivity index (χ0) is 11.3. The first-order valence-corrected chi connectivity index (χ1v) is 6.15. The summed E-state index contributed by atoms with van der Waals surface area (Å²) in [6.45, 7) is 10.7. The highest BCUT2D eigenvalue weighted by molar-refractivity contribution is 5.15. The fraction of sp³-hybridized carbons (Fsp3) is 1.00. The molecule has 0 radical (unpaired) electrons. The second-order valence-electron chi connectivity index (χ2n) is 6.39. The van der Waals surface area contributed by atoms with Crippen molar-refractivity contribution in [1.29, 1.82) is 0 Å². The van der Waals surface area contributed by atoms with Crippen LogP contribution >= 0.6 is 0 Å². The largest absolute Gasteiger partial charge is 0.392 e. The maximum atomic E-state index is 10.4. The van der Waals surface area contributed by atoms with Crippen LogP contribution in [0, 0.1) is 22.7 Å². The summed E-state index contributed by atoms with van der Waals surface area (Å²) in [7, 11) is 0. The third kappa shape index (κ3) is 1.62. The molecule has 0 spiro atoms. The molecule has 0 amide bonds. The van der Waals surface area contributed by atoms with Gasteiger partial charge in [-0.25, -0.2) is 0 Å². The molecule has 2 unspecified atom stereocenters. The summed E-state index contributed by atoms with van der Waals surface area (Å²) >= 11 is 0. The SMILES string of the molecule is CC1(C)C(C(O)C2CCCOC2)C1(C)C. The molecule has 88 valence electrons. The molecule has 0 aromatic heterocycles. The number of aliphatic hydroxyl groups excluding tert-OH is 1. The van der Waals surface area contributed by atoms with Crippen molar-refractivity contribution in [2.24, 2.45) is 22.7 Å². The third-order valence-corrected chi connectivity index (χ3v) is 5.15. The van der Waals surface area contributed by atoms with Crippen molar-refractivity contribution < 1.29 is 9.84 Å². The first-order valence-electron chi connectivity index (χ1n) is 6.15. The van der Waals surface area contributed by atoms with E-state index in [0.29, 0.717) is 11.8 Å². The molecule has 1 heterocycles. The average molecular weight is 212 g/mol. The molecule has 2 fully saturated rings. The molecule has 0 aromatic carbocycles. The smallest absolute Gasteiger partial charge is 0.0629 e. The van der Waals surface area contributed by atoms with Crippen molar-refractivity contribution in [2.45, 2.75) is 46.6 Å². The van der Waals surface area contributed by atoms with Crippen molar-refractivity contribution in [3.8, 4) is 0 Å². The molecular formula is C13H24O2. The van der Waals surface area contributed by atoms with E-state index in [4.69, 9.17) is 4.74 Å². The lowest BCUT2D eigenvalue weighted by atomic mass is 9.89. The Kier molecular flexibility index (Phi) is 2.63. The zero-order valence-corrected chi connectivity index (χ0v) is 10.4. The Bertz CT molecular complexity index is 225. The Morgan fingerprint density at radius 1 is 1.20 bits per heavy atom. The van der Waals surface area contributed by atoms with Crippen molar-refractivity contribution in [1.82, 2.24) is 0 Å². The van der Waals surface area contributed by atoms with Gasteiger partial charge in [-0.3, -0.25) is 0 Å². The van der Waals surface area contributed by atoms with E-state index in [2.05, 4.69) is 27.7 Å². The lowest BCUT2D eigenvalue weighted by Gasteiger charge is -2.28. The number of aliphatic hydroxyl groups is 1. The van der Waals surface area contributed by atoms with Crippen LogP contribution in [0.2, 0.25) is 0 Å². The van der Waals surface area contributed by atoms with Gasteiger partial charge < -0.3 is 9.84 Å². The van der Waals surface area contributed by atoms with Crippen molar-refractivity contribution in [2.75, 3.05) is 13.2 Å². The van der Waals surface area contributed by atoms with Gasteiger partial charge in [0.05, 0.1) is 12.7 Å². The number of hydrogen-bond donors (Lipinski definition) is 1. The maximum absolute atomic E-state index is 10.4. The fourth-order valence-corrected chi connectivity index (χ4v) is 3.41. The monoisotopic (exact) mass is 212 g/mol. The molecule has 1 N–H and O–H groups in total. The molecule has 1 saturated carbocycles. The van der Waals surface area contributed by atoms with Crippen LogP contribution < -0.4 is 0 Å². The number of ether oxygens (including phenoxy) is 1. The molecule has 0 aromatic rings. The van der Waals surface area contributed by atoms with Gasteiger partial charge in [0, 0.05) is 12.5 Å². The van der Waals surface area contributed by atoms with Gasteiger partial charge in [0.1, 0.15) is 0 Å². The van der Waals surface area contributed by atoms with Crippen LogP contribution in [0.3, 0.4) is 0 Å². The highest BCUT2D eigenvalue weighted by Crippen LogP contribution is 2.70. The standard InChI is InChI=1S/C13H24O2/c1-12(2)11(13(12,3)4)10(14)9-6-5-7-15-8-9/h9-11,14H,5-8H2,1-4H3. The van der Waals surface area contributed by atoms with E-state index < -0.39 is 0 Å². The molecular weight excluding hydrogens is 188 g/mol. The van der Waals surface area contributed by atoms with Crippen LogP contribution in [0.15, 0.2) is 0 Å². The topological polar surface area (TPSA) is 29.5 Å².